The Morgan fingerprint density at radius 3 is 2.54 bits per heavy atom. The smallest absolute Gasteiger partial charge is 0.251 e. The van der Waals surface area contributed by atoms with Crippen LogP contribution in [0.4, 0.5) is 4.39 Å². The van der Waals surface area contributed by atoms with Gasteiger partial charge >= 0.3 is 0 Å². The van der Waals surface area contributed by atoms with E-state index >= 15 is 0 Å². The van der Waals surface area contributed by atoms with Crippen LogP contribution in [0.3, 0.4) is 0 Å². The van der Waals surface area contributed by atoms with Gasteiger partial charge in [-0.05, 0) is 43.2 Å². The molecule has 2 heterocycles. The molecule has 1 aromatic heterocycles. The van der Waals surface area contributed by atoms with Crippen LogP contribution in [-0.4, -0.2) is 60.5 Å². The normalized spacial score (nSPS) is 21.5. The predicted octanol–water partition coefficient (Wildman–Crippen LogP) is 1.29. The fourth-order valence-electron chi connectivity index (χ4n) is 3.36. The number of benzene rings is 1. The molecule has 9 heteroatoms. The van der Waals surface area contributed by atoms with Gasteiger partial charge in [-0.25, -0.2) is 12.8 Å². The van der Waals surface area contributed by atoms with Gasteiger partial charge in [0, 0.05) is 39.6 Å². The first-order valence-corrected chi connectivity index (χ1v) is 9.69. The van der Waals surface area contributed by atoms with Gasteiger partial charge in [0.05, 0.1) is 4.90 Å². The van der Waals surface area contributed by atoms with Gasteiger partial charge in [0.15, 0.2) is 5.54 Å². The number of nitrogens with zero attached hydrogens (tertiary/aromatic N) is 4. The van der Waals surface area contributed by atoms with Crippen LogP contribution < -0.4 is 0 Å². The van der Waals surface area contributed by atoms with Crippen LogP contribution in [0.25, 0.3) is 0 Å². The average Bonchev–Trinajstić information content (AvgIpc) is 3.16. The zero-order valence-electron chi connectivity index (χ0n) is 14.7. The van der Waals surface area contributed by atoms with E-state index in [4.69, 9.17) is 0 Å². The highest BCUT2D eigenvalue weighted by Gasteiger charge is 2.48. The van der Waals surface area contributed by atoms with E-state index in [1.165, 1.54) is 21.3 Å². The van der Waals surface area contributed by atoms with E-state index in [9.17, 15) is 17.6 Å². The van der Waals surface area contributed by atoms with Gasteiger partial charge in [-0.2, -0.15) is 9.40 Å². The third kappa shape index (κ3) is 3.12. The number of rotatable bonds is 4. The summed E-state index contributed by atoms with van der Waals surface area (Å²) in [5.74, 6) is -0.712. The number of halogens is 1. The Balaban J connectivity index is 2.01. The highest BCUT2D eigenvalue weighted by atomic mass is 32.2. The Hall–Kier alpha value is -2.26. The maximum atomic E-state index is 13.2. The van der Waals surface area contributed by atoms with Crippen LogP contribution in [0.15, 0.2) is 47.6 Å². The van der Waals surface area contributed by atoms with Crippen molar-refractivity contribution in [1.29, 1.82) is 0 Å². The first-order valence-electron chi connectivity index (χ1n) is 8.25. The quantitative estimate of drug-likeness (QED) is 0.801. The summed E-state index contributed by atoms with van der Waals surface area (Å²) in [5, 5.41) is 4.21. The van der Waals surface area contributed by atoms with Crippen molar-refractivity contribution in [3.05, 3.63) is 48.5 Å². The number of carbonyl (C=O) groups excluding carboxylic acids is 1. The molecule has 1 aromatic carbocycles. The van der Waals surface area contributed by atoms with E-state index < -0.39 is 21.4 Å². The molecular weight excluding hydrogens is 359 g/mol. The average molecular weight is 380 g/mol. The van der Waals surface area contributed by atoms with Gasteiger partial charge < -0.3 is 4.90 Å². The van der Waals surface area contributed by atoms with E-state index in [2.05, 4.69) is 5.10 Å². The van der Waals surface area contributed by atoms with Crippen molar-refractivity contribution in [2.24, 2.45) is 0 Å². The van der Waals surface area contributed by atoms with Gasteiger partial charge in [0.25, 0.3) is 5.91 Å². The number of likely N-dealkylation sites (N-methyl/N-ethyl adjacent to an activating group) is 1. The number of piperidine rings is 1. The van der Waals surface area contributed by atoms with Gasteiger partial charge in [-0.3, -0.25) is 9.48 Å². The van der Waals surface area contributed by atoms with Crippen LogP contribution in [-0.2, 0) is 20.4 Å². The van der Waals surface area contributed by atoms with Crippen molar-refractivity contribution in [3.8, 4) is 0 Å². The van der Waals surface area contributed by atoms with E-state index in [1.807, 2.05) is 0 Å². The van der Waals surface area contributed by atoms with E-state index in [0.29, 0.717) is 19.4 Å². The molecule has 26 heavy (non-hydrogen) atoms. The summed E-state index contributed by atoms with van der Waals surface area (Å²) in [6, 6.07) is 6.41. The molecule has 0 saturated carbocycles. The van der Waals surface area contributed by atoms with Crippen molar-refractivity contribution in [2.45, 2.75) is 23.3 Å². The third-order valence-electron chi connectivity index (χ3n) is 4.63. The molecule has 0 spiro atoms. The van der Waals surface area contributed by atoms with Gasteiger partial charge in [0.2, 0.25) is 10.0 Å². The summed E-state index contributed by atoms with van der Waals surface area (Å²) in [7, 11) is -0.566. The number of aromatic nitrogens is 2. The largest absolute Gasteiger partial charge is 0.347 e. The molecule has 140 valence electrons. The Kier molecular flexibility index (Phi) is 4.85. The standard InChI is InChI=1S/C17H21FN4O3S/c1-20(2)16(23)17(22-12-4-10-19-22)9-3-11-21(13-17)26(24,25)15-7-5-14(18)6-8-15/h4-8,10,12H,3,9,11,13H2,1-2H3. The molecule has 1 unspecified atom stereocenters. The molecule has 3 rings (SSSR count). The lowest BCUT2D eigenvalue weighted by Gasteiger charge is -2.42. The zero-order chi connectivity index (χ0) is 18.9. The lowest BCUT2D eigenvalue weighted by Crippen LogP contribution is -2.59. The molecule has 1 aliphatic heterocycles. The third-order valence-corrected chi connectivity index (χ3v) is 6.49. The van der Waals surface area contributed by atoms with E-state index in [0.717, 1.165) is 12.1 Å². The van der Waals surface area contributed by atoms with Crippen LogP contribution in [0.2, 0.25) is 0 Å². The Morgan fingerprint density at radius 1 is 1.27 bits per heavy atom. The second-order valence-corrected chi connectivity index (χ2v) is 8.52. The summed E-state index contributed by atoms with van der Waals surface area (Å²) >= 11 is 0. The second kappa shape index (κ2) is 6.81. The molecule has 0 aliphatic carbocycles. The fourth-order valence-corrected chi connectivity index (χ4v) is 4.89. The first-order chi connectivity index (χ1) is 12.3. The molecule has 1 atom stereocenters. The van der Waals surface area contributed by atoms with Crippen LogP contribution in [0.1, 0.15) is 12.8 Å². The highest BCUT2D eigenvalue weighted by molar-refractivity contribution is 7.89. The summed E-state index contributed by atoms with van der Waals surface area (Å²) in [4.78, 5) is 14.4. The maximum Gasteiger partial charge on any atom is 0.251 e. The predicted molar refractivity (Wildman–Crippen MR) is 93.3 cm³/mol. The lowest BCUT2D eigenvalue weighted by molar-refractivity contribution is -0.141. The minimum Gasteiger partial charge on any atom is -0.347 e. The molecule has 0 N–H and O–H groups in total. The fraction of sp³-hybridized carbons (Fsp3) is 0.412. The number of amides is 1. The molecule has 1 fully saturated rings. The van der Waals surface area contributed by atoms with Crippen molar-refractivity contribution >= 4 is 15.9 Å². The van der Waals surface area contributed by atoms with E-state index in [1.54, 1.807) is 37.2 Å². The second-order valence-electron chi connectivity index (χ2n) is 6.58. The molecular formula is C17H21FN4O3S. The summed E-state index contributed by atoms with van der Waals surface area (Å²) in [6.45, 7) is 0.273. The summed E-state index contributed by atoms with van der Waals surface area (Å²) < 4.78 is 42.0. The van der Waals surface area contributed by atoms with Crippen molar-refractivity contribution in [2.75, 3.05) is 27.2 Å². The molecule has 1 saturated heterocycles. The number of sulfonamides is 1. The summed E-state index contributed by atoms with van der Waals surface area (Å²) in [6.07, 6.45) is 4.24. The van der Waals surface area contributed by atoms with Crippen LogP contribution in [0.5, 0.6) is 0 Å². The molecule has 1 amide bonds. The number of hydrogen-bond acceptors (Lipinski definition) is 4. The Morgan fingerprint density at radius 2 is 1.96 bits per heavy atom. The van der Waals surface area contributed by atoms with Crippen molar-refractivity contribution < 1.29 is 17.6 Å². The SMILES string of the molecule is CN(C)C(=O)C1(n2cccn2)CCCN(S(=O)(=O)c2ccc(F)cc2)C1. The topological polar surface area (TPSA) is 75.5 Å². The highest BCUT2D eigenvalue weighted by Crippen LogP contribution is 2.33. The minimum absolute atomic E-state index is 0.00691. The van der Waals surface area contributed by atoms with Crippen molar-refractivity contribution in [3.63, 3.8) is 0 Å². The van der Waals surface area contributed by atoms with E-state index in [-0.39, 0.29) is 17.3 Å². The monoisotopic (exact) mass is 380 g/mol. The molecule has 0 radical (unpaired) electrons. The van der Waals surface area contributed by atoms with Gasteiger partial charge in [0.1, 0.15) is 5.82 Å². The molecule has 2 aromatic rings. The van der Waals surface area contributed by atoms with Crippen LogP contribution >= 0.6 is 0 Å². The maximum absolute atomic E-state index is 13.2. The van der Waals surface area contributed by atoms with Gasteiger partial charge in [-0.1, -0.05) is 0 Å². The lowest BCUT2D eigenvalue weighted by atomic mass is 9.88. The number of hydrogen-bond donors (Lipinski definition) is 0. The first kappa shape index (κ1) is 18.5. The minimum atomic E-state index is -3.85. The Bertz CT molecular complexity index is 881. The Labute approximate surface area is 152 Å². The van der Waals surface area contributed by atoms with Crippen molar-refractivity contribution in [1.82, 2.24) is 19.0 Å². The summed E-state index contributed by atoms with van der Waals surface area (Å²) in [5.41, 5.74) is -1.10. The van der Waals surface area contributed by atoms with Crippen LogP contribution in [0, 0.1) is 5.82 Å². The molecule has 0 bridgehead atoms. The van der Waals surface area contributed by atoms with Gasteiger partial charge in [-0.15, -0.1) is 0 Å². The molecule has 7 nitrogen and oxygen atoms in total. The molecule has 1 aliphatic rings. The number of carbonyl (C=O) groups is 1. The zero-order valence-corrected chi connectivity index (χ0v) is 15.5.